The Morgan fingerprint density at radius 1 is 1.45 bits per heavy atom. The van der Waals surface area contributed by atoms with Crippen LogP contribution < -0.4 is 5.32 Å². The first-order chi connectivity index (χ1) is 10.3. The molecule has 0 aliphatic carbocycles. The number of carbonyl (C=O) groups excluding carboxylic acids is 1. The second-order valence-electron chi connectivity index (χ2n) is 5.59. The first-order valence-corrected chi connectivity index (χ1v) is 7.85. The lowest BCUT2D eigenvalue weighted by Gasteiger charge is -2.27. The molecule has 2 heterocycles. The number of benzene rings is 1. The molecule has 0 spiro atoms. The minimum Gasteiger partial charge on any atom is -0.481 e. The summed E-state index contributed by atoms with van der Waals surface area (Å²) in [6.45, 7) is 1.73. The molecule has 0 saturated carbocycles. The summed E-state index contributed by atoms with van der Waals surface area (Å²) in [5.41, 5.74) is -0.380. The summed E-state index contributed by atoms with van der Waals surface area (Å²) in [4.78, 5) is 24.1. The molecule has 0 radical (unpaired) electrons. The topological polar surface area (TPSA) is 75.6 Å². The van der Waals surface area contributed by atoms with Crippen molar-refractivity contribution in [1.82, 2.24) is 0 Å². The third-order valence-corrected chi connectivity index (χ3v) is 5.32. The number of hydrogen-bond acceptors (Lipinski definition) is 3. The van der Waals surface area contributed by atoms with E-state index in [1.54, 1.807) is 37.3 Å². The highest BCUT2D eigenvalue weighted by atomic mass is 79.9. The zero-order valence-corrected chi connectivity index (χ0v) is 13.9. The van der Waals surface area contributed by atoms with Gasteiger partial charge in [0.15, 0.2) is 0 Å². The molecule has 4 atom stereocenters. The van der Waals surface area contributed by atoms with Crippen LogP contribution in [0.5, 0.6) is 0 Å². The molecule has 1 amide bonds. The van der Waals surface area contributed by atoms with E-state index >= 15 is 0 Å². The van der Waals surface area contributed by atoms with E-state index in [1.165, 1.54) is 0 Å². The standard InChI is InChI=1S/C15H13BrClNO4/c1-15-5-4-10(22-15)11(14(20)21)12(15)13(19)18-7-2-3-8(16)9(17)6-7/h2-6,10-12H,1H3,(H,18,19)(H,20,21)/t10-,11+,12-,15+/m1/s1. The van der Waals surface area contributed by atoms with E-state index in [9.17, 15) is 14.7 Å². The molecule has 1 aromatic rings. The van der Waals surface area contributed by atoms with Crippen LogP contribution in [0.4, 0.5) is 5.69 Å². The second-order valence-corrected chi connectivity index (χ2v) is 6.85. The molecule has 116 valence electrons. The first kappa shape index (κ1) is 15.5. The van der Waals surface area contributed by atoms with Crippen molar-refractivity contribution in [2.45, 2.75) is 18.6 Å². The first-order valence-electron chi connectivity index (χ1n) is 6.68. The largest absolute Gasteiger partial charge is 0.481 e. The molecule has 5 nitrogen and oxygen atoms in total. The Hall–Kier alpha value is -1.37. The molecule has 2 N–H and O–H groups in total. The molecule has 0 aromatic heterocycles. The lowest BCUT2D eigenvalue weighted by atomic mass is 9.75. The summed E-state index contributed by atoms with van der Waals surface area (Å²) in [7, 11) is 0. The number of carbonyl (C=O) groups is 2. The zero-order valence-electron chi connectivity index (χ0n) is 11.5. The Morgan fingerprint density at radius 2 is 2.18 bits per heavy atom. The van der Waals surface area contributed by atoms with Gasteiger partial charge in [-0.05, 0) is 41.1 Å². The molecule has 1 aromatic carbocycles. The van der Waals surface area contributed by atoms with E-state index < -0.39 is 29.5 Å². The minimum atomic E-state index is -1.04. The maximum absolute atomic E-state index is 12.6. The molecule has 1 fully saturated rings. The number of anilines is 1. The van der Waals surface area contributed by atoms with Crippen molar-refractivity contribution >= 4 is 45.1 Å². The van der Waals surface area contributed by atoms with Gasteiger partial charge in [-0.1, -0.05) is 23.8 Å². The van der Waals surface area contributed by atoms with Crippen LogP contribution in [0.2, 0.25) is 5.02 Å². The highest BCUT2D eigenvalue weighted by Crippen LogP contribution is 2.47. The van der Waals surface area contributed by atoms with Crippen LogP contribution in [0.1, 0.15) is 6.92 Å². The Bertz CT molecular complexity index is 692. The van der Waals surface area contributed by atoms with Gasteiger partial charge >= 0.3 is 5.97 Å². The Balaban J connectivity index is 1.86. The van der Waals surface area contributed by atoms with Gasteiger partial charge in [0, 0.05) is 10.2 Å². The Kier molecular flexibility index (Phi) is 3.79. The number of carboxylic acids is 1. The fourth-order valence-corrected chi connectivity index (χ4v) is 3.50. The summed E-state index contributed by atoms with van der Waals surface area (Å²) >= 11 is 9.27. The summed E-state index contributed by atoms with van der Waals surface area (Å²) in [5.74, 6) is -3.10. The number of carboxylic acid groups (broad SMARTS) is 1. The number of rotatable bonds is 3. The number of halogens is 2. The van der Waals surface area contributed by atoms with Gasteiger partial charge in [0.25, 0.3) is 0 Å². The molecule has 1 saturated heterocycles. The van der Waals surface area contributed by atoms with Gasteiger partial charge in [0.05, 0.1) is 22.6 Å². The molecule has 2 bridgehead atoms. The van der Waals surface area contributed by atoms with Crippen molar-refractivity contribution in [3.8, 4) is 0 Å². The van der Waals surface area contributed by atoms with Crippen LogP contribution in [-0.4, -0.2) is 28.7 Å². The maximum Gasteiger partial charge on any atom is 0.310 e. The molecular formula is C15H13BrClNO4. The number of ether oxygens (including phenoxy) is 1. The van der Waals surface area contributed by atoms with Gasteiger partial charge in [0.1, 0.15) is 5.92 Å². The van der Waals surface area contributed by atoms with Crippen molar-refractivity contribution in [1.29, 1.82) is 0 Å². The van der Waals surface area contributed by atoms with Gasteiger partial charge in [-0.15, -0.1) is 0 Å². The van der Waals surface area contributed by atoms with E-state index in [0.29, 0.717) is 15.2 Å². The zero-order chi connectivity index (χ0) is 16.1. The number of hydrogen-bond donors (Lipinski definition) is 2. The van der Waals surface area contributed by atoms with E-state index in [-0.39, 0.29) is 5.91 Å². The molecule has 22 heavy (non-hydrogen) atoms. The maximum atomic E-state index is 12.6. The van der Waals surface area contributed by atoms with E-state index in [2.05, 4.69) is 21.2 Å². The smallest absolute Gasteiger partial charge is 0.310 e. The molecule has 7 heteroatoms. The predicted molar refractivity (Wildman–Crippen MR) is 84.8 cm³/mol. The van der Waals surface area contributed by atoms with Crippen LogP contribution in [0.3, 0.4) is 0 Å². The van der Waals surface area contributed by atoms with E-state index in [1.807, 2.05) is 0 Å². The number of amides is 1. The van der Waals surface area contributed by atoms with E-state index in [4.69, 9.17) is 16.3 Å². The van der Waals surface area contributed by atoms with Gasteiger partial charge in [-0.3, -0.25) is 9.59 Å². The van der Waals surface area contributed by atoms with Crippen LogP contribution in [0, 0.1) is 11.8 Å². The van der Waals surface area contributed by atoms with Gasteiger partial charge in [-0.25, -0.2) is 0 Å². The van der Waals surface area contributed by atoms with E-state index in [0.717, 1.165) is 0 Å². The van der Waals surface area contributed by atoms with Crippen molar-refractivity contribution in [3.05, 3.63) is 39.8 Å². The van der Waals surface area contributed by atoms with Crippen LogP contribution in [0.25, 0.3) is 0 Å². The Labute approximate surface area is 140 Å². The normalized spacial score (nSPS) is 32.2. The molecule has 2 aliphatic rings. The fourth-order valence-electron chi connectivity index (χ4n) is 3.07. The SMILES string of the molecule is C[C@@]12C=C[C@@H](O1)[C@H](C(=O)O)[C@@H]2C(=O)Nc1ccc(Br)c(Cl)c1. The second kappa shape index (κ2) is 5.37. The average molecular weight is 387 g/mol. The van der Waals surface area contributed by atoms with Crippen molar-refractivity contribution in [2.24, 2.45) is 11.8 Å². The van der Waals surface area contributed by atoms with Gasteiger partial charge in [0.2, 0.25) is 5.91 Å². The summed E-state index contributed by atoms with van der Waals surface area (Å²) in [5, 5.41) is 12.6. The van der Waals surface area contributed by atoms with Crippen molar-refractivity contribution in [2.75, 3.05) is 5.32 Å². The fraction of sp³-hybridized carbons (Fsp3) is 0.333. The monoisotopic (exact) mass is 385 g/mol. The lowest BCUT2D eigenvalue weighted by Crippen LogP contribution is -2.44. The van der Waals surface area contributed by atoms with Gasteiger partial charge in [-0.2, -0.15) is 0 Å². The number of aliphatic carboxylic acids is 1. The molecule has 0 unspecified atom stereocenters. The van der Waals surface area contributed by atoms with Crippen molar-refractivity contribution < 1.29 is 19.4 Å². The third kappa shape index (κ3) is 2.45. The van der Waals surface area contributed by atoms with Crippen LogP contribution in [-0.2, 0) is 14.3 Å². The quantitative estimate of drug-likeness (QED) is 0.783. The third-order valence-electron chi connectivity index (χ3n) is 4.09. The predicted octanol–water partition coefficient (Wildman–Crippen LogP) is 3.09. The lowest BCUT2D eigenvalue weighted by molar-refractivity contribution is -0.146. The minimum absolute atomic E-state index is 0.389. The highest BCUT2D eigenvalue weighted by molar-refractivity contribution is 9.10. The van der Waals surface area contributed by atoms with Gasteiger partial charge < -0.3 is 15.2 Å². The molecule has 2 aliphatic heterocycles. The van der Waals surface area contributed by atoms with Crippen LogP contribution >= 0.6 is 27.5 Å². The highest BCUT2D eigenvalue weighted by Gasteiger charge is 2.59. The number of fused-ring (bicyclic) bond motifs is 2. The Morgan fingerprint density at radius 3 is 2.82 bits per heavy atom. The summed E-state index contributed by atoms with van der Waals surface area (Å²) in [6.07, 6.45) is 2.90. The van der Waals surface area contributed by atoms with Crippen molar-refractivity contribution in [3.63, 3.8) is 0 Å². The summed E-state index contributed by atoms with van der Waals surface area (Å²) in [6, 6.07) is 5.01. The summed E-state index contributed by atoms with van der Waals surface area (Å²) < 4.78 is 6.38. The number of nitrogens with one attached hydrogen (secondary N) is 1. The van der Waals surface area contributed by atoms with Crippen LogP contribution in [0.15, 0.2) is 34.8 Å². The molecular weight excluding hydrogens is 374 g/mol. The average Bonchev–Trinajstić information content (AvgIpc) is 2.95. The molecule has 3 rings (SSSR count).